The summed E-state index contributed by atoms with van der Waals surface area (Å²) in [5.41, 5.74) is 0.335. The molecule has 0 saturated heterocycles. The van der Waals surface area contributed by atoms with E-state index in [4.69, 9.17) is 14.7 Å². The number of carbonyl (C=O) groups is 2. The number of aromatic carboxylic acids is 2. The van der Waals surface area contributed by atoms with Gasteiger partial charge in [-0.1, -0.05) is 17.3 Å². The second-order valence-electron chi connectivity index (χ2n) is 3.27. The number of benzene rings is 1. The molecule has 6 heteroatoms. The van der Waals surface area contributed by atoms with Crippen molar-refractivity contribution >= 4 is 11.9 Å². The fourth-order valence-electron chi connectivity index (χ4n) is 1.32. The van der Waals surface area contributed by atoms with Gasteiger partial charge < -0.3 is 14.7 Å². The topological polar surface area (TPSA) is 101 Å². The Hall–Kier alpha value is -2.63. The third kappa shape index (κ3) is 2.15. The van der Waals surface area contributed by atoms with Crippen molar-refractivity contribution in [1.29, 1.82) is 0 Å². The Morgan fingerprint density at radius 2 is 1.88 bits per heavy atom. The molecule has 0 unspecified atom stereocenters. The van der Waals surface area contributed by atoms with Crippen LogP contribution in [0.15, 0.2) is 34.9 Å². The van der Waals surface area contributed by atoms with Crippen LogP contribution < -0.4 is 0 Å². The van der Waals surface area contributed by atoms with Crippen molar-refractivity contribution in [2.45, 2.75) is 0 Å². The van der Waals surface area contributed by atoms with Crippen LogP contribution in [0.3, 0.4) is 0 Å². The second kappa shape index (κ2) is 4.09. The molecule has 1 aromatic carbocycles. The van der Waals surface area contributed by atoms with E-state index in [0.29, 0.717) is 5.56 Å². The highest BCUT2D eigenvalue weighted by Gasteiger charge is 2.13. The van der Waals surface area contributed by atoms with Crippen molar-refractivity contribution in [2.75, 3.05) is 0 Å². The molecule has 2 aromatic rings. The molecule has 17 heavy (non-hydrogen) atoms. The van der Waals surface area contributed by atoms with Gasteiger partial charge in [-0.3, -0.25) is 0 Å². The zero-order chi connectivity index (χ0) is 12.4. The lowest BCUT2D eigenvalue weighted by atomic mass is 10.1. The van der Waals surface area contributed by atoms with Gasteiger partial charge in [0.15, 0.2) is 11.5 Å². The Morgan fingerprint density at radius 3 is 2.47 bits per heavy atom. The van der Waals surface area contributed by atoms with Crippen molar-refractivity contribution < 1.29 is 24.3 Å². The van der Waals surface area contributed by atoms with Crippen LogP contribution in [0.2, 0.25) is 0 Å². The van der Waals surface area contributed by atoms with Gasteiger partial charge in [0.05, 0.1) is 5.56 Å². The Balaban J connectivity index is 2.42. The predicted octanol–water partition coefficient (Wildman–Crippen LogP) is 1.74. The normalized spacial score (nSPS) is 10.1. The molecule has 0 radical (unpaired) electrons. The van der Waals surface area contributed by atoms with Crippen molar-refractivity contribution in [3.63, 3.8) is 0 Å². The third-order valence-electron chi connectivity index (χ3n) is 2.12. The van der Waals surface area contributed by atoms with Gasteiger partial charge in [0.1, 0.15) is 0 Å². The second-order valence-corrected chi connectivity index (χ2v) is 3.27. The molecule has 0 bridgehead atoms. The highest BCUT2D eigenvalue weighted by molar-refractivity contribution is 5.90. The van der Waals surface area contributed by atoms with Gasteiger partial charge in [-0.2, -0.15) is 0 Å². The lowest BCUT2D eigenvalue weighted by Crippen LogP contribution is -1.95. The number of carboxylic acids is 2. The van der Waals surface area contributed by atoms with Gasteiger partial charge in [-0.25, -0.2) is 9.59 Å². The van der Waals surface area contributed by atoms with Crippen LogP contribution in [0.1, 0.15) is 20.8 Å². The first kappa shape index (κ1) is 10.9. The van der Waals surface area contributed by atoms with E-state index in [1.807, 2.05) is 0 Å². The van der Waals surface area contributed by atoms with Crippen molar-refractivity contribution in [1.82, 2.24) is 5.16 Å². The monoisotopic (exact) mass is 233 g/mol. The van der Waals surface area contributed by atoms with Crippen molar-refractivity contribution in [3.05, 3.63) is 41.6 Å². The summed E-state index contributed by atoms with van der Waals surface area (Å²) in [5.74, 6) is -2.05. The largest absolute Gasteiger partial charge is 0.478 e. The van der Waals surface area contributed by atoms with E-state index in [0.717, 1.165) is 0 Å². The van der Waals surface area contributed by atoms with Crippen LogP contribution in [0.25, 0.3) is 11.3 Å². The summed E-state index contributed by atoms with van der Waals surface area (Å²) in [7, 11) is 0. The fourth-order valence-corrected chi connectivity index (χ4v) is 1.32. The quantitative estimate of drug-likeness (QED) is 0.837. The molecule has 2 rings (SSSR count). The van der Waals surface area contributed by atoms with Crippen molar-refractivity contribution in [3.8, 4) is 11.3 Å². The molecule has 0 saturated carbocycles. The SMILES string of the molecule is O=C(O)c1cccc(-c2cc(C(=O)O)no2)c1. The summed E-state index contributed by atoms with van der Waals surface area (Å²) in [6.45, 7) is 0. The Morgan fingerprint density at radius 1 is 1.12 bits per heavy atom. The molecule has 0 amide bonds. The highest BCUT2D eigenvalue weighted by Crippen LogP contribution is 2.21. The molecular formula is C11H7NO5. The minimum absolute atomic E-state index is 0.0933. The molecule has 1 heterocycles. The summed E-state index contributed by atoms with van der Waals surface area (Å²) in [6, 6.07) is 7.21. The minimum atomic E-state index is -1.20. The minimum Gasteiger partial charge on any atom is -0.478 e. The summed E-state index contributed by atoms with van der Waals surface area (Å²) in [5, 5.41) is 20.8. The van der Waals surface area contributed by atoms with Crippen LogP contribution in [0.4, 0.5) is 0 Å². The lowest BCUT2D eigenvalue weighted by Gasteiger charge is -1.97. The Labute approximate surface area is 95.1 Å². The average molecular weight is 233 g/mol. The summed E-state index contributed by atoms with van der Waals surface area (Å²) < 4.78 is 4.82. The maximum absolute atomic E-state index is 10.8. The van der Waals surface area contributed by atoms with E-state index in [-0.39, 0.29) is 17.0 Å². The van der Waals surface area contributed by atoms with Crippen LogP contribution in [0.5, 0.6) is 0 Å². The first-order valence-corrected chi connectivity index (χ1v) is 4.61. The molecule has 0 aliphatic rings. The number of nitrogens with zero attached hydrogens (tertiary/aromatic N) is 1. The van der Waals surface area contributed by atoms with Gasteiger partial charge in [-0.15, -0.1) is 0 Å². The number of hydrogen-bond acceptors (Lipinski definition) is 4. The molecule has 1 aromatic heterocycles. The molecule has 6 nitrogen and oxygen atoms in total. The van der Waals surface area contributed by atoms with E-state index in [9.17, 15) is 9.59 Å². The zero-order valence-corrected chi connectivity index (χ0v) is 8.45. The number of carboxylic acid groups (broad SMARTS) is 2. The van der Waals surface area contributed by atoms with Crippen LogP contribution >= 0.6 is 0 Å². The standard InChI is InChI=1S/C11H7NO5/c13-10(14)7-3-1-2-6(4-7)9-5-8(11(15)16)12-17-9/h1-5H,(H,13,14)(H,15,16). The lowest BCUT2D eigenvalue weighted by molar-refractivity contribution is 0.0679. The maximum atomic E-state index is 10.8. The van der Waals surface area contributed by atoms with Crippen LogP contribution in [-0.2, 0) is 0 Å². The Kier molecular flexibility index (Phi) is 2.61. The smallest absolute Gasteiger partial charge is 0.358 e. The van der Waals surface area contributed by atoms with E-state index in [1.165, 1.54) is 18.2 Å². The van der Waals surface area contributed by atoms with Gasteiger partial charge in [0, 0.05) is 11.6 Å². The number of hydrogen-bond donors (Lipinski definition) is 2. The first-order chi connectivity index (χ1) is 8.08. The van der Waals surface area contributed by atoms with E-state index < -0.39 is 11.9 Å². The van der Waals surface area contributed by atoms with Crippen LogP contribution in [-0.4, -0.2) is 27.3 Å². The molecule has 2 N–H and O–H groups in total. The zero-order valence-electron chi connectivity index (χ0n) is 8.45. The first-order valence-electron chi connectivity index (χ1n) is 4.61. The third-order valence-corrected chi connectivity index (χ3v) is 2.12. The molecule has 0 spiro atoms. The summed E-state index contributed by atoms with van der Waals surface area (Å²) in [6.07, 6.45) is 0. The average Bonchev–Trinajstić information content (AvgIpc) is 2.78. The molecule has 0 aliphatic heterocycles. The van der Waals surface area contributed by atoms with Gasteiger partial charge >= 0.3 is 11.9 Å². The van der Waals surface area contributed by atoms with Gasteiger partial charge in [0.2, 0.25) is 0 Å². The predicted molar refractivity (Wildman–Crippen MR) is 55.9 cm³/mol. The molecular weight excluding hydrogens is 226 g/mol. The summed E-state index contributed by atoms with van der Waals surface area (Å²) >= 11 is 0. The summed E-state index contributed by atoms with van der Waals surface area (Å²) in [4.78, 5) is 21.4. The van der Waals surface area contributed by atoms with E-state index in [1.54, 1.807) is 12.1 Å². The van der Waals surface area contributed by atoms with Gasteiger partial charge in [-0.05, 0) is 12.1 Å². The molecule has 0 aliphatic carbocycles. The number of aromatic nitrogens is 1. The highest BCUT2D eigenvalue weighted by atomic mass is 16.5. The molecule has 86 valence electrons. The van der Waals surface area contributed by atoms with E-state index >= 15 is 0 Å². The van der Waals surface area contributed by atoms with Crippen molar-refractivity contribution in [2.24, 2.45) is 0 Å². The number of rotatable bonds is 3. The van der Waals surface area contributed by atoms with E-state index in [2.05, 4.69) is 5.16 Å². The van der Waals surface area contributed by atoms with Crippen LogP contribution in [0, 0.1) is 0 Å². The molecule has 0 fully saturated rings. The fraction of sp³-hybridized carbons (Fsp3) is 0. The molecule has 0 atom stereocenters. The van der Waals surface area contributed by atoms with Gasteiger partial charge in [0.25, 0.3) is 0 Å². The maximum Gasteiger partial charge on any atom is 0.358 e. The Bertz CT molecular complexity index is 587.